The number of carbonyl (C=O) groups excluding carboxylic acids is 3. The molecule has 2 aromatic rings. The van der Waals surface area contributed by atoms with E-state index in [1.54, 1.807) is 12.1 Å². The second kappa shape index (κ2) is 8.24. The van der Waals surface area contributed by atoms with E-state index in [4.69, 9.17) is 9.47 Å². The molecular weight excluding hydrogens is 392 g/mol. The topological polar surface area (TPSA) is 84.9 Å². The van der Waals surface area contributed by atoms with Crippen molar-refractivity contribution in [3.8, 4) is 11.5 Å². The number of nitrogens with zero attached hydrogens (tertiary/aromatic N) is 1. The maximum Gasteiger partial charge on any atom is 0.263 e. The van der Waals surface area contributed by atoms with Gasteiger partial charge in [-0.1, -0.05) is 6.07 Å². The minimum Gasteiger partial charge on any atom is -0.454 e. The highest BCUT2D eigenvalue weighted by molar-refractivity contribution is 7.12. The minimum absolute atomic E-state index is 0.0275. The van der Waals surface area contributed by atoms with Crippen molar-refractivity contribution in [2.75, 3.05) is 25.2 Å². The van der Waals surface area contributed by atoms with Gasteiger partial charge in [-0.3, -0.25) is 14.4 Å². The number of benzene rings is 1. The Kier molecular flexibility index (Phi) is 5.53. The van der Waals surface area contributed by atoms with E-state index in [1.807, 2.05) is 22.4 Å². The zero-order valence-corrected chi connectivity index (χ0v) is 16.9. The van der Waals surface area contributed by atoms with E-state index >= 15 is 0 Å². The number of rotatable bonds is 5. The van der Waals surface area contributed by atoms with Crippen molar-refractivity contribution in [1.29, 1.82) is 0 Å². The quantitative estimate of drug-likeness (QED) is 0.756. The van der Waals surface area contributed by atoms with Crippen LogP contribution < -0.4 is 14.8 Å². The Balaban J connectivity index is 1.41. The Morgan fingerprint density at radius 2 is 2.03 bits per heavy atom. The molecule has 0 radical (unpaired) electrons. The number of fused-ring (bicyclic) bond motifs is 1. The Bertz CT molecular complexity index is 941. The summed E-state index contributed by atoms with van der Waals surface area (Å²) in [5, 5.41) is 4.73. The summed E-state index contributed by atoms with van der Waals surface area (Å²) in [5.41, 5.74) is 0.815. The summed E-state index contributed by atoms with van der Waals surface area (Å²) in [4.78, 5) is 39.8. The molecule has 1 fully saturated rings. The smallest absolute Gasteiger partial charge is 0.263 e. The van der Waals surface area contributed by atoms with Crippen molar-refractivity contribution in [2.45, 2.75) is 26.2 Å². The predicted octanol–water partition coefficient (Wildman–Crippen LogP) is 3.56. The van der Waals surface area contributed by atoms with Gasteiger partial charge in [-0.05, 0) is 43.2 Å². The lowest BCUT2D eigenvalue weighted by Gasteiger charge is -2.32. The van der Waals surface area contributed by atoms with E-state index in [0.29, 0.717) is 42.3 Å². The van der Waals surface area contributed by atoms with Crippen molar-refractivity contribution >= 4 is 34.6 Å². The van der Waals surface area contributed by atoms with Crippen LogP contribution in [0.4, 0.5) is 5.69 Å². The van der Waals surface area contributed by atoms with Crippen LogP contribution in [0.5, 0.6) is 11.5 Å². The van der Waals surface area contributed by atoms with Crippen LogP contribution in [-0.4, -0.2) is 42.4 Å². The number of carbonyl (C=O) groups is 3. The molecule has 0 spiro atoms. The summed E-state index contributed by atoms with van der Waals surface area (Å²) in [6, 6.07) is 6.92. The van der Waals surface area contributed by atoms with Gasteiger partial charge in [-0.2, -0.15) is 0 Å². The fraction of sp³-hybridized carbons (Fsp3) is 0.381. The van der Waals surface area contributed by atoms with Crippen LogP contribution in [0.3, 0.4) is 0 Å². The van der Waals surface area contributed by atoms with Gasteiger partial charge in [-0.25, -0.2) is 0 Å². The second-order valence-electron chi connectivity index (χ2n) is 7.30. The lowest BCUT2D eigenvalue weighted by molar-refractivity contribution is -0.117. The Hall–Kier alpha value is -2.87. The van der Waals surface area contributed by atoms with Crippen molar-refractivity contribution < 1.29 is 23.9 Å². The van der Waals surface area contributed by atoms with Crippen LogP contribution in [0.2, 0.25) is 0 Å². The van der Waals surface area contributed by atoms with Crippen molar-refractivity contribution in [2.24, 2.45) is 5.92 Å². The van der Waals surface area contributed by atoms with Gasteiger partial charge in [0.25, 0.3) is 5.91 Å². The highest BCUT2D eigenvalue weighted by Crippen LogP contribution is 2.37. The molecule has 2 aliphatic heterocycles. The van der Waals surface area contributed by atoms with Gasteiger partial charge in [0, 0.05) is 31.1 Å². The maximum absolute atomic E-state index is 12.7. The van der Waals surface area contributed by atoms with Crippen molar-refractivity contribution in [1.82, 2.24) is 4.90 Å². The third-order valence-electron chi connectivity index (χ3n) is 5.18. The molecule has 1 atom stereocenters. The third kappa shape index (κ3) is 4.27. The molecule has 7 nitrogen and oxygen atoms in total. The number of ether oxygens (including phenoxy) is 2. The number of likely N-dealkylation sites (tertiary alicyclic amines) is 1. The van der Waals surface area contributed by atoms with E-state index in [0.717, 1.165) is 17.7 Å². The Morgan fingerprint density at radius 3 is 2.76 bits per heavy atom. The molecule has 29 heavy (non-hydrogen) atoms. The van der Waals surface area contributed by atoms with Crippen molar-refractivity contribution in [3.63, 3.8) is 0 Å². The number of hydrogen-bond acceptors (Lipinski definition) is 6. The van der Waals surface area contributed by atoms with Gasteiger partial charge < -0.3 is 19.7 Å². The Morgan fingerprint density at radius 1 is 1.24 bits per heavy atom. The van der Waals surface area contributed by atoms with Gasteiger partial charge in [0.2, 0.25) is 12.7 Å². The standard InChI is InChI=1S/C21H22N2O5S/c1-13(24)15-9-17-18(28-12-27-17)10-16(15)22-20(25)8-14-4-2-6-23(11-14)21(26)19-5-3-7-29-19/h3,5,7,9-10,14H,2,4,6,8,11-12H2,1H3,(H,22,25). The highest BCUT2D eigenvalue weighted by Gasteiger charge is 2.27. The molecule has 1 saturated heterocycles. The summed E-state index contributed by atoms with van der Waals surface area (Å²) in [7, 11) is 0. The Labute approximate surface area is 172 Å². The first-order valence-electron chi connectivity index (χ1n) is 9.58. The maximum atomic E-state index is 12.7. The van der Waals surface area contributed by atoms with Crippen LogP contribution >= 0.6 is 11.3 Å². The lowest BCUT2D eigenvalue weighted by atomic mass is 9.94. The van der Waals surface area contributed by atoms with Crippen LogP contribution in [0.15, 0.2) is 29.6 Å². The molecule has 2 aliphatic rings. The molecule has 1 unspecified atom stereocenters. The highest BCUT2D eigenvalue weighted by atomic mass is 32.1. The fourth-order valence-electron chi connectivity index (χ4n) is 3.77. The van der Waals surface area contributed by atoms with Gasteiger partial charge in [-0.15, -0.1) is 11.3 Å². The summed E-state index contributed by atoms with van der Waals surface area (Å²) in [6.45, 7) is 2.82. The van der Waals surface area contributed by atoms with Gasteiger partial charge in [0.1, 0.15) is 0 Å². The van der Waals surface area contributed by atoms with E-state index in [2.05, 4.69) is 5.32 Å². The molecule has 1 aromatic carbocycles. The van der Waals surface area contributed by atoms with E-state index < -0.39 is 0 Å². The number of ketones is 1. The van der Waals surface area contributed by atoms with Crippen molar-refractivity contribution in [3.05, 3.63) is 40.1 Å². The number of piperidine rings is 1. The van der Waals surface area contributed by atoms with Crippen LogP contribution in [0.25, 0.3) is 0 Å². The molecule has 152 valence electrons. The van der Waals surface area contributed by atoms with Gasteiger partial charge in [0.15, 0.2) is 17.3 Å². The lowest BCUT2D eigenvalue weighted by Crippen LogP contribution is -2.40. The first-order chi connectivity index (χ1) is 14.0. The average molecular weight is 414 g/mol. The molecule has 0 saturated carbocycles. The normalized spacial score (nSPS) is 17.8. The molecule has 2 amide bonds. The molecular formula is C21H22N2O5S. The summed E-state index contributed by atoms with van der Waals surface area (Å²) < 4.78 is 10.7. The van der Waals surface area contributed by atoms with Gasteiger partial charge in [0.05, 0.1) is 10.6 Å². The molecule has 1 N–H and O–H groups in total. The first-order valence-corrected chi connectivity index (χ1v) is 10.5. The summed E-state index contributed by atoms with van der Waals surface area (Å²) in [6.07, 6.45) is 2.06. The van der Waals surface area contributed by atoms with Gasteiger partial charge >= 0.3 is 0 Å². The monoisotopic (exact) mass is 414 g/mol. The van der Waals surface area contributed by atoms with E-state index in [1.165, 1.54) is 18.3 Å². The number of thiophene rings is 1. The number of anilines is 1. The molecule has 0 aliphatic carbocycles. The SMILES string of the molecule is CC(=O)c1cc2c(cc1NC(=O)CC1CCCN(C(=O)c3cccs3)C1)OCO2. The van der Waals surface area contributed by atoms with Crippen LogP contribution in [0.1, 0.15) is 46.2 Å². The summed E-state index contributed by atoms with van der Waals surface area (Å²) in [5.74, 6) is 0.784. The molecule has 1 aromatic heterocycles. The fourth-order valence-corrected chi connectivity index (χ4v) is 4.46. The minimum atomic E-state index is -0.179. The number of hydrogen-bond donors (Lipinski definition) is 1. The van der Waals surface area contributed by atoms with Crippen LogP contribution in [0, 0.1) is 5.92 Å². The van der Waals surface area contributed by atoms with E-state index in [-0.39, 0.29) is 30.3 Å². The van der Waals surface area contributed by atoms with E-state index in [9.17, 15) is 14.4 Å². The molecule has 3 heterocycles. The third-order valence-corrected chi connectivity index (χ3v) is 6.04. The molecule has 0 bridgehead atoms. The largest absolute Gasteiger partial charge is 0.454 e. The number of Topliss-reactive ketones (excluding diaryl/α,β-unsaturated/α-hetero) is 1. The average Bonchev–Trinajstić information content (AvgIpc) is 3.38. The number of amides is 2. The predicted molar refractivity (Wildman–Crippen MR) is 109 cm³/mol. The zero-order valence-electron chi connectivity index (χ0n) is 16.1. The number of nitrogens with one attached hydrogen (secondary N) is 1. The van der Waals surface area contributed by atoms with Crippen LogP contribution in [-0.2, 0) is 4.79 Å². The zero-order chi connectivity index (χ0) is 20.4. The molecule has 8 heteroatoms. The summed E-state index contributed by atoms with van der Waals surface area (Å²) >= 11 is 1.43. The molecule has 4 rings (SSSR count). The second-order valence-corrected chi connectivity index (χ2v) is 8.24. The first kappa shape index (κ1) is 19.4.